The van der Waals surface area contributed by atoms with Gasteiger partial charge in [-0.25, -0.2) is 9.97 Å². The predicted octanol–water partition coefficient (Wildman–Crippen LogP) is 36.3. The van der Waals surface area contributed by atoms with Crippen LogP contribution >= 0.6 is 90.7 Å². The van der Waals surface area contributed by atoms with E-state index in [1.54, 1.807) is 31.8 Å². The fraction of sp³-hybridized carbons (Fsp3) is 0.516. The number of hydrogen-bond donors (Lipinski definition) is 2. The number of rotatable bonds is 62. The van der Waals surface area contributed by atoms with Crippen LogP contribution in [0.1, 0.15) is 476 Å². The average Bonchev–Trinajstić information content (AvgIpc) is 1.63. The van der Waals surface area contributed by atoms with E-state index in [2.05, 4.69) is 186 Å². The number of thiophene rings is 6. The van der Waals surface area contributed by atoms with E-state index in [1.165, 1.54) is 275 Å². The van der Waals surface area contributed by atoms with Crippen molar-refractivity contribution in [2.45, 2.75) is 428 Å². The zero-order chi connectivity index (χ0) is 104. The third-order valence-corrected chi connectivity index (χ3v) is 38.9. The number of aryl methyl sites for hydroxylation is 4. The van der Waals surface area contributed by atoms with E-state index in [1.807, 2.05) is 95.6 Å². The molecule has 2 aliphatic rings. The maximum Gasteiger partial charge on any atom is 0.269 e. The minimum Gasteiger partial charge on any atom is -0.354 e. The molecule has 13 heterocycles. The summed E-state index contributed by atoms with van der Waals surface area (Å²) in [6.07, 6.45) is 74.3. The van der Waals surface area contributed by atoms with Gasteiger partial charge in [-0.3, -0.25) is 18.7 Å². The van der Waals surface area contributed by atoms with Crippen molar-refractivity contribution in [2.24, 2.45) is 0 Å². The molecular weight excluding hydrogens is 1970 g/mol. The van der Waals surface area contributed by atoms with Crippen LogP contribution in [0, 0.1) is 69.0 Å². The zero-order valence-electron chi connectivity index (χ0n) is 90.4. The highest BCUT2D eigenvalue weighted by Crippen LogP contribution is 2.48. The molecular formula is C128H160N10O2S8. The molecule has 0 saturated heterocycles. The first-order valence-corrected chi connectivity index (χ1v) is 63.6. The molecule has 2 N–H and O–H groups in total. The van der Waals surface area contributed by atoms with E-state index in [0.29, 0.717) is 31.5 Å². The fourth-order valence-corrected chi connectivity index (χ4v) is 30.5. The van der Waals surface area contributed by atoms with Crippen LogP contribution in [-0.4, -0.2) is 29.1 Å². The van der Waals surface area contributed by atoms with Crippen LogP contribution in [0.4, 0.5) is 0 Å². The van der Waals surface area contributed by atoms with Crippen molar-refractivity contribution in [3.63, 3.8) is 0 Å². The summed E-state index contributed by atoms with van der Waals surface area (Å²) < 4.78 is 5.00. The Bertz CT molecular complexity index is 6690. The van der Waals surface area contributed by atoms with Gasteiger partial charge in [0.1, 0.15) is 33.6 Å². The minimum absolute atomic E-state index is 0.0389. The van der Waals surface area contributed by atoms with Crippen molar-refractivity contribution in [1.29, 1.82) is 21.0 Å². The molecule has 0 fully saturated rings. The fourth-order valence-electron chi connectivity index (χ4n) is 21.1. The van der Waals surface area contributed by atoms with E-state index >= 15 is 0 Å². The molecule has 11 aromatic heterocycles. The van der Waals surface area contributed by atoms with Gasteiger partial charge >= 0.3 is 0 Å². The van der Waals surface area contributed by atoms with Crippen molar-refractivity contribution in [2.75, 3.05) is 0 Å². The molecule has 20 heteroatoms. The van der Waals surface area contributed by atoms with Gasteiger partial charge in [-0.1, -0.05) is 336 Å². The van der Waals surface area contributed by atoms with E-state index in [4.69, 9.17) is 9.97 Å². The van der Waals surface area contributed by atoms with Crippen LogP contribution in [-0.2, 0) is 38.8 Å². The van der Waals surface area contributed by atoms with Crippen molar-refractivity contribution >= 4 is 160 Å². The Balaban J connectivity index is 1.00. The number of nitrogens with zero attached hydrogens (tertiary/aromatic N) is 8. The molecule has 12 nitrogen and oxygen atoms in total. The molecule has 148 heavy (non-hydrogen) atoms. The first kappa shape index (κ1) is 115. The second-order valence-electron chi connectivity index (χ2n) is 40.7. The highest BCUT2D eigenvalue weighted by atomic mass is 32.1. The van der Waals surface area contributed by atoms with Crippen molar-refractivity contribution in [3.05, 3.63) is 199 Å². The number of H-pyrrole nitrogens is 2. The van der Waals surface area contributed by atoms with Gasteiger partial charge in [0, 0.05) is 84.0 Å². The van der Waals surface area contributed by atoms with E-state index in [0.717, 1.165) is 230 Å². The molecule has 782 valence electrons. The Morgan fingerprint density at radius 3 is 0.878 bits per heavy atom. The molecule has 2 unspecified atom stereocenters. The van der Waals surface area contributed by atoms with Gasteiger partial charge in [-0.2, -0.15) is 21.0 Å². The third-order valence-electron chi connectivity index (χ3n) is 29.3. The van der Waals surface area contributed by atoms with E-state index in [-0.39, 0.29) is 34.1 Å². The molecule has 0 saturated carbocycles. The lowest BCUT2D eigenvalue weighted by Crippen LogP contribution is -2.31. The SMILES string of the molecule is CCCCCCCCCCC(CCCCCCCC)c1c2nc(c(C#Cc3cc(CCCCCC)c(-c4ccc(-c5sc(/C=c6/sc(=C(C#N)C#N)n(CC)c6=O)cc5CCCCCC)s4)s3)c3ccc([nH]3)c(C(CCCCCCCC)CCCCCCCCCC)c3nc(c(C#Cc4cc(CCCCCC)c(-c5ccc(-c6sc(/C=c7/sc(=C(C#N)C#N)n(CC)c7=O)cc6CCCCCC)s5)s4)c4ccc1[nH]4)C=C3)C=C2. The number of nitrogens with one attached hydrogen (secondary N) is 2. The summed E-state index contributed by atoms with van der Waals surface area (Å²) in [5.41, 5.74) is 17.0. The number of hydrogen-bond acceptors (Lipinski definition) is 16. The largest absolute Gasteiger partial charge is 0.354 e. The zero-order valence-corrected chi connectivity index (χ0v) is 96.9. The van der Waals surface area contributed by atoms with E-state index in [9.17, 15) is 30.6 Å². The molecule has 2 aliphatic heterocycles. The molecule has 0 amide bonds. The topological polar surface area (TPSA) is 197 Å². The molecule has 0 radical (unpaired) electrons. The lowest BCUT2D eigenvalue weighted by Gasteiger charge is -2.19. The maximum absolute atomic E-state index is 14.0. The molecule has 0 aliphatic carbocycles. The van der Waals surface area contributed by atoms with Gasteiger partial charge in [-0.05, 0) is 234 Å². The van der Waals surface area contributed by atoms with Crippen molar-refractivity contribution < 1.29 is 0 Å². The monoisotopic (exact) mass is 2130 g/mol. The Morgan fingerprint density at radius 2 is 0.581 bits per heavy atom. The highest BCUT2D eigenvalue weighted by molar-refractivity contribution is 7.28. The van der Waals surface area contributed by atoms with Gasteiger partial charge in [-0.15, -0.1) is 90.7 Å². The molecule has 0 aromatic carbocycles. The maximum atomic E-state index is 14.0. The van der Waals surface area contributed by atoms with Gasteiger partial charge in [0.25, 0.3) is 11.1 Å². The number of aromatic amines is 2. The Labute approximate surface area is 916 Å². The first-order chi connectivity index (χ1) is 72.7. The second-order valence-corrected chi connectivity index (χ2v) is 49.2. The summed E-state index contributed by atoms with van der Waals surface area (Å²) >= 11 is 13.3. The first-order valence-electron chi connectivity index (χ1n) is 57.1. The molecule has 8 bridgehead atoms. The standard InChI is InChI=1S/C128H160N10O2S8/c1-11-21-29-37-41-43-47-55-59-91(57-53-45-39-31-23-13-3)119-109-73-69-105(133-109)103(67-65-99-81-93(61-49-33-25-15-5)121(141-99)113-77-79-115(145-113)123-95(63-51-35-27-17-7)83-101(143-123)85-117-125(139)137(19-9)127(147-117)97(87-129)88-130)107-71-75-111(135-107)120(92(58-54-46-40-32-24-14-4)60-56-48-44-42-38-30-22-12-2)112-76-72-108(136-112)104(106-70-74-110(119)134-106)68-66-100-82-94(62-50-34-26-16-6)122(142-100)114-78-80-116(146-114)124-96(64-52-36-28-18-8)84-102(144-124)86-118-126(140)138(20-10)128(148-118)98(89-131)90-132/h69-86,91-92,133,136H,11-64H2,1-10H3/b105-103?,106-104?,107-103?,108-104?,117-85+,118-86+,119-109?,119-110?,120-111?,120-112?. The molecule has 11 aromatic rings. The van der Waals surface area contributed by atoms with Crippen LogP contribution < -0.4 is 29.5 Å². The summed E-state index contributed by atoms with van der Waals surface area (Å²) in [6.45, 7) is 22.9. The lowest BCUT2D eigenvalue weighted by atomic mass is 9.87. The smallest absolute Gasteiger partial charge is 0.269 e. The van der Waals surface area contributed by atoms with Gasteiger partial charge in [0.15, 0.2) is 11.1 Å². The molecule has 2 atom stereocenters. The van der Waals surface area contributed by atoms with Crippen LogP contribution in [0.2, 0.25) is 0 Å². The Morgan fingerprint density at radius 1 is 0.311 bits per heavy atom. The van der Waals surface area contributed by atoms with Crippen molar-refractivity contribution in [1.82, 2.24) is 29.1 Å². The van der Waals surface area contributed by atoms with Crippen LogP contribution in [0.15, 0.2) is 82.4 Å². The summed E-state index contributed by atoms with van der Waals surface area (Å²) in [5.74, 6) is 16.3. The number of fused-ring (bicyclic) bond motifs is 8. The van der Waals surface area contributed by atoms with Crippen LogP contribution in [0.3, 0.4) is 0 Å². The average molecular weight is 2130 g/mol. The van der Waals surface area contributed by atoms with Crippen LogP contribution in [0.25, 0.3) is 109 Å². The van der Waals surface area contributed by atoms with Crippen LogP contribution in [0.5, 0.6) is 0 Å². The van der Waals surface area contributed by atoms with E-state index < -0.39 is 0 Å². The summed E-state index contributed by atoms with van der Waals surface area (Å²) in [7, 11) is 0. The van der Waals surface area contributed by atoms with Gasteiger partial charge < -0.3 is 9.97 Å². The Kier molecular flexibility index (Phi) is 48.5. The predicted molar refractivity (Wildman–Crippen MR) is 643 cm³/mol. The number of nitriles is 4. The highest BCUT2D eigenvalue weighted by Gasteiger charge is 2.27. The van der Waals surface area contributed by atoms with Crippen molar-refractivity contribution in [3.8, 4) is 87.0 Å². The molecule has 13 rings (SSSR count). The number of aromatic nitrogens is 6. The summed E-state index contributed by atoms with van der Waals surface area (Å²) in [4.78, 5) is 62.5. The summed E-state index contributed by atoms with van der Waals surface area (Å²) in [5, 5.41) is 39.8. The van der Waals surface area contributed by atoms with Gasteiger partial charge in [0.05, 0.1) is 63.8 Å². The third kappa shape index (κ3) is 32.2. The quantitative estimate of drug-likeness (QED) is 0.0277. The second kappa shape index (κ2) is 62.3. The molecule has 0 spiro atoms. The lowest BCUT2D eigenvalue weighted by molar-refractivity contribution is 0.485. The number of unbranched alkanes of at least 4 members (excludes halogenated alkanes) is 36. The summed E-state index contributed by atoms with van der Waals surface area (Å²) in [6, 6.07) is 36.2. The van der Waals surface area contributed by atoms with Gasteiger partial charge in [0.2, 0.25) is 0 Å². The number of thiazole rings is 2. The minimum atomic E-state index is -0.173. The Hall–Kier alpha value is -9.78. The normalized spacial score (nSPS) is 12.4.